The summed E-state index contributed by atoms with van der Waals surface area (Å²) in [6.45, 7) is 3.69. The second-order valence-corrected chi connectivity index (χ2v) is 5.23. The molecule has 0 saturated carbocycles. The number of carboxylic acid groups (broad SMARTS) is 1. The van der Waals surface area contributed by atoms with Crippen molar-refractivity contribution in [3.05, 3.63) is 26.6 Å². The molecular formula is C12H14N2O4S. The molecule has 102 valence electrons. The van der Waals surface area contributed by atoms with Crippen molar-refractivity contribution in [3.63, 3.8) is 0 Å². The van der Waals surface area contributed by atoms with E-state index in [2.05, 4.69) is 4.98 Å². The minimum absolute atomic E-state index is 0.00703. The number of hydrogen-bond acceptors (Lipinski definition) is 5. The smallest absolute Gasteiger partial charge is 0.346 e. The molecule has 2 N–H and O–H groups in total. The summed E-state index contributed by atoms with van der Waals surface area (Å²) in [4.78, 5) is 28.3. The molecule has 0 atom stereocenters. The van der Waals surface area contributed by atoms with Gasteiger partial charge in [-0.3, -0.25) is 9.36 Å². The van der Waals surface area contributed by atoms with E-state index in [1.807, 2.05) is 0 Å². The van der Waals surface area contributed by atoms with Crippen molar-refractivity contribution >= 4 is 27.5 Å². The number of hydrogen-bond donors (Lipinski definition) is 2. The summed E-state index contributed by atoms with van der Waals surface area (Å²) >= 11 is 1.02. The molecule has 2 heterocycles. The van der Waals surface area contributed by atoms with Crippen molar-refractivity contribution in [1.82, 2.24) is 9.55 Å². The molecule has 0 bridgehead atoms. The third-order valence-corrected chi connectivity index (χ3v) is 4.15. The first-order valence-electron chi connectivity index (χ1n) is 5.82. The molecule has 2 rings (SSSR count). The Morgan fingerprint density at radius 1 is 1.42 bits per heavy atom. The van der Waals surface area contributed by atoms with Crippen LogP contribution < -0.4 is 5.56 Å². The SMILES string of the molecule is Cc1c(C(=O)O)sc2nc(C)n(CCCO)c(=O)c12. The first-order valence-corrected chi connectivity index (χ1v) is 6.63. The lowest BCUT2D eigenvalue weighted by atomic mass is 10.2. The lowest BCUT2D eigenvalue weighted by Crippen LogP contribution is -2.24. The number of thiophene rings is 1. The van der Waals surface area contributed by atoms with Gasteiger partial charge in [0.2, 0.25) is 0 Å². The van der Waals surface area contributed by atoms with Gasteiger partial charge in [-0.1, -0.05) is 0 Å². The van der Waals surface area contributed by atoms with E-state index in [1.54, 1.807) is 13.8 Å². The summed E-state index contributed by atoms with van der Waals surface area (Å²) in [6.07, 6.45) is 0.461. The summed E-state index contributed by atoms with van der Waals surface area (Å²) in [5, 5.41) is 18.3. The Bertz CT molecular complexity index is 702. The maximum absolute atomic E-state index is 12.4. The van der Waals surface area contributed by atoms with Crippen LogP contribution in [0.15, 0.2) is 4.79 Å². The molecule has 0 aromatic carbocycles. The van der Waals surface area contributed by atoms with Gasteiger partial charge in [-0.15, -0.1) is 11.3 Å². The number of fused-ring (bicyclic) bond motifs is 1. The average Bonchev–Trinajstić information content (AvgIpc) is 2.66. The maximum Gasteiger partial charge on any atom is 0.346 e. The molecule has 19 heavy (non-hydrogen) atoms. The second-order valence-electron chi connectivity index (χ2n) is 4.23. The highest BCUT2D eigenvalue weighted by Gasteiger charge is 2.19. The number of carbonyl (C=O) groups is 1. The van der Waals surface area contributed by atoms with Crippen LogP contribution >= 0.6 is 11.3 Å². The average molecular weight is 282 g/mol. The van der Waals surface area contributed by atoms with Crippen molar-refractivity contribution in [2.24, 2.45) is 0 Å². The fourth-order valence-electron chi connectivity index (χ4n) is 2.01. The van der Waals surface area contributed by atoms with Crippen LogP contribution in [0.4, 0.5) is 0 Å². The molecule has 0 aliphatic carbocycles. The molecule has 2 aromatic rings. The zero-order valence-corrected chi connectivity index (χ0v) is 11.5. The van der Waals surface area contributed by atoms with Gasteiger partial charge in [0.05, 0.1) is 5.39 Å². The van der Waals surface area contributed by atoms with Gasteiger partial charge in [0.1, 0.15) is 15.5 Å². The van der Waals surface area contributed by atoms with Gasteiger partial charge in [0, 0.05) is 13.2 Å². The van der Waals surface area contributed by atoms with Crippen LogP contribution in [0.5, 0.6) is 0 Å². The summed E-state index contributed by atoms with van der Waals surface area (Å²) in [5.74, 6) is -0.511. The predicted molar refractivity (Wildman–Crippen MR) is 72.0 cm³/mol. The number of aryl methyl sites for hydroxylation is 2. The Balaban J connectivity index is 2.72. The number of aliphatic hydroxyl groups is 1. The highest BCUT2D eigenvalue weighted by Crippen LogP contribution is 2.27. The predicted octanol–water partition coefficient (Wildman–Crippen LogP) is 1.16. The van der Waals surface area contributed by atoms with E-state index in [1.165, 1.54) is 4.57 Å². The van der Waals surface area contributed by atoms with Gasteiger partial charge in [-0.05, 0) is 25.8 Å². The van der Waals surface area contributed by atoms with E-state index >= 15 is 0 Å². The lowest BCUT2D eigenvalue weighted by molar-refractivity contribution is 0.0701. The topological polar surface area (TPSA) is 92.4 Å². The van der Waals surface area contributed by atoms with Gasteiger partial charge in [0.25, 0.3) is 5.56 Å². The van der Waals surface area contributed by atoms with E-state index < -0.39 is 5.97 Å². The molecule has 7 heteroatoms. The van der Waals surface area contributed by atoms with Crippen LogP contribution in [0.1, 0.15) is 27.5 Å². The Morgan fingerprint density at radius 3 is 2.68 bits per heavy atom. The van der Waals surface area contributed by atoms with Gasteiger partial charge in [-0.2, -0.15) is 0 Å². The van der Waals surface area contributed by atoms with Crippen LogP contribution in [0.25, 0.3) is 10.2 Å². The first kappa shape index (κ1) is 13.7. The number of carboxylic acids is 1. The summed E-state index contributed by atoms with van der Waals surface area (Å²) in [6, 6.07) is 0. The normalized spacial score (nSPS) is 11.1. The standard InChI is InChI=1S/C12H14N2O4S/c1-6-8-10(19-9(6)12(17)18)13-7(2)14(11(8)16)4-3-5-15/h15H,3-5H2,1-2H3,(H,17,18). The minimum Gasteiger partial charge on any atom is -0.477 e. The van der Waals surface area contributed by atoms with Crippen LogP contribution in [0.2, 0.25) is 0 Å². The molecule has 2 aromatic heterocycles. The molecule has 0 aliphatic heterocycles. The van der Waals surface area contributed by atoms with E-state index in [0.29, 0.717) is 34.6 Å². The molecule has 0 radical (unpaired) electrons. The second kappa shape index (κ2) is 5.10. The summed E-state index contributed by atoms with van der Waals surface area (Å²) < 4.78 is 1.48. The maximum atomic E-state index is 12.4. The summed E-state index contributed by atoms with van der Waals surface area (Å²) in [5.41, 5.74) is 0.222. The molecule has 0 unspecified atom stereocenters. The van der Waals surface area contributed by atoms with Crippen molar-refractivity contribution < 1.29 is 15.0 Å². The number of aliphatic hydroxyl groups excluding tert-OH is 1. The monoisotopic (exact) mass is 282 g/mol. The fourth-order valence-corrected chi connectivity index (χ4v) is 3.07. The van der Waals surface area contributed by atoms with Crippen molar-refractivity contribution in [2.75, 3.05) is 6.61 Å². The van der Waals surface area contributed by atoms with Crippen molar-refractivity contribution in [1.29, 1.82) is 0 Å². The fraction of sp³-hybridized carbons (Fsp3) is 0.417. The summed E-state index contributed by atoms with van der Waals surface area (Å²) in [7, 11) is 0. The number of aromatic carboxylic acids is 1. The lowest BCUT2D eigenvalue weighted by Gasteiger charge is -2.08. The minimum atomic E-state index is -1.04. The van der Waals surface area contributed by atoms with E-state index in [0.717, 1.165) is 11.3 Å². The van der Waals surface area contributed by atoms with Gasteiger partial charge in [0.15, 0.2) is 0 Å². The zero-order chi connectivity index (χ0) is 14.2. The van der Waals surface area contributed by atoms with Gasteiger partial charge < -0.3 is 10.2 Å². The molecule has 0 fully saturated rings. The van der Waals surface area contributed by atoms with Crippen LogP contribution in [0.3, 0.4) is 0 Å². The molecule has 0 saturated heterocycles. The van der Waals surface area contributed by atoms with Gasteiger partial charge in [-0.25, -0.2) is 9.78 Å². The number of rotatable bonds is 4. The van der Waals surface area contributed by atoms with E-state index in [9.17, 15) is 9.59 Å². The van der Waals surface area contributed by atoms with E-state index in [-0.39, 0.29) is 17.0 Å². The Labute approximate surface area is 113 Å². The van der Waals surface area contributed by atoms with Crippen LogP contribution in [-0.2, 0) is 6.54 Å². The Hall–Kier alpha value is -1.73. The molecule has 0 aliphatic rings. The van der Waals surface area contributed by atoms with E-state index in [4.69, 9.17) is 10.2 Å². The molecule has 0 spiro atoms. The molecule has 6 nitrogen and oxygen atoms in total. The first-order chi connectivity index (χ1) is 8.97. The van der Waals surface area contributed by atoms with Crippen LogP contribution in [0, 0.1) is 13.8 Å². The molecular weight excluding hydrogens is 268 g/mol. The Morgan fingerprint density at radius 2 is 2.11 bits per heavy atom. The quantitative estimate of drug-likeness (QED) is 0.877. The molecule has 0 amide bonds. The number of nitrogens with zero attached hydrogens (tertiary/aromatic N) is 2. The van der Waals surface area contributed by atoms with Crippen molar-refractivity contribution in [2.45, 2.75) is 26.8 Å². The zero-order valence-electron chi connectivity index (χ0n) is 10.6. The number of aromatic nitrogens is 2. The highest BCUT2D eigenvalue weighted by molar-refractivity contribution is 7.20. The highest BCUT2D eigenvalue weighted by atomic mass is 32.1. The Kier molecular flexibility index (Phi) is 3.68. The van der Waals surface area contributed by atoms with Crippen molar-refractivity contribution in [3.8, 4) is 0 Å². The third-order valence-electron chi connectivity index (χ3n) is 2.98. The third kappa shape index (κ3) is 2.26. The van der Waals surface area contributed by atoms with Crippen LogP contribution in [-0.4, -0.2) is 32.3 Å². The largest absolute Gasteiger partial charge is 0.477 e. The van der Waals surface area contributed by atoms with Gasteiger partial charge >= 0.3 is 5.97 Å².